The molecule has 0 saturated carbocycles. The molecule has 1 aromatic carbocycles. The Morgan fingerprint density at radius 1 is 1.47 bits per heavy atom. The van der Waals surface area contributed by atoms with E-state index in [0.717, 1.165) is 12.5 Å². The molecule has 19 heavy (non-hydrogen) atoms. The van der Waals surface area contributed by atoms with Gasteiger partial charge in [0, 0.05) is 31.7 Å². The minimum absolute atomic E-state index is 0.0940. The normalized spacial score (nSPS) is 18.9. The number of hydrogen-bond donors (Lipinski definition) is 0. The molecule has 1 atom stereocenters. The van der Waals surface area contributed by atoms with Crippen molar-refractivity contribution >= 4 is 5.91 Å². The Labute approximate surface area is 111 Å². The fraction of sp³-hybridized carbons (Fsp3) is 0.500. The number of methoxy groups -OCH3 is 1. The van der Waals surface area contributed by atoms with Crippen LogP contribution in [0.15, 0.2) is 18.2 Å². The second-order valence-electron chi connectivity index (χ2n) is 4.84. The van der Waals surface area contributed by atoms with Crippen LogP contribution < -0.4 is 0 Å². The number of carbonyl (C=O) groups excluding carboxylic acids is 1. The topological polar surface area (TPSA) is 29.5 Å². The molecule has 0 aliphatic carbocycles. The molecule has 1 fully saturated rings. The van der Waals surface area contributed by atoms with Crippen LogP contribution in [-0.2, 0) is 16.0 Å². The van der Waals surface area contributed by atoms with Crippen molar-refractivity contribution in [3.8, 4) is 0 Å². The number of likely N-dealkylation sites (tertiary alicyclic amines) is 1. The fourth-order valence-corrected chi connectivity index (χ4v) is 2.39. The van der Waals surface area contributed by atoms with Gasteiger partial charge in [-0.3, -0.25) is 4.79 Å². The summed E-state index contributed by atoms with van der Waals surface area (Å²) in [6.45, 7) is 1.91. The summed E-state index contributed by atoms with van der Waals surface area (Å²) in [4.78, 5) is 13.7. The van der Waals surface area contributed by atoms with E-state index in [1.54, 1.807) is 12.0 Å². The Morgan fingerprint density at radius 2 is 2.26 bits per heavy atom. The zero-order chi connectivity index (χ0) is 13.8. The number of nitrogens with zero attached hydrogens (tertiary/aromatic N) is 1. The first kappa shape index (κ1) is 13.9. The third kappa shape index (κ3) is 3.29. The van der Waals surface area contributed by atoms with Gasteiger partial charge in [-0.2, -0.15) is 0 Å². The minimum atomic E-state index is -0.927. The average molecular weight is 269 g/mol. The lowest BCUT2D eigenvalue weighted by Gasteiger charge is -2.16. The van der Waals surface area contributed by atoms with Gasteiger partial charge in [0.1, 0.15) is 0 Å². The number of halogens is 2. The summed E-state index contributed by atoms with van der Waals surface area (Å²) in [7, 11) is 1.63. The van der Waals surface area contributed by atoms with Crippen molar-refractivity contribution in [2.24, 2.45) is 5.92 Å². The van der Waals surface area contributed by atoms with Crippen LogP contribution in [-0.4, -0.2) is 37.6 Å². The van der Waals surface area contributed by atoms with Crippen molar-refractivity contribution in [3.05, 3.63) is 35.4 Å². The summed E-state index contributed by atoms with van der Waals surface area (Å²) >= 11 is 0. The maximum atomic E-state index is 13.5. The van der Waals surface area contributed by atoms with E-state index in [1.165, 1.54) is 12.1 Å². The molecule has 0 aromatic heterocycles. The highest BCUT2D eigenvalue weighted by atomic mass is 19.2. The number of rotatable bonds is 4. The predicted octanol–water partition coefficient (Wildman–Crippen LogP) is 2.00. The first-order valence-electron chi connectivity index (χ1n) is 6.31. The van der Waals surface area contributed by atoms with E-state index >= 15 is 0 Å². The summed E-state index contributed by atoms with van der Waals surface area (Å²) in [5.74, 6) is -1.66. The average Bonchev–Trinajstić information content (AvgIpc) is 2.84. The van der Waals surface area contributed by atoms with E-state index in [-0.39, 0.29) is 17.9 Å². The van der Waals surface area contributed by atoms with Crippen LogP contribution in [0.5, 0.6) is 0 Å². The van der Waals surface area contributed by atoms with Gasteiger partial charge in [0.2, 0.25) is 5.91 Å². The number of hydrogen-bond acceptors (Lipinski definition) is 2. The molecule has 104 valence electrons. The van der Waals surface area contributed by atoms with Crippen molar-refractivity contribution in [1.29, 1.82) is 0 Å². The van der Waals surface area contributed by atoms with Crippen LogP contribution in [0.2, 0.25) is 0 Å². The molecule has 0 radical (unpaired) electrons. The largest absolute Gasteiger partial charge is 0.384 e. The van der Waals surface area contributed by atoms with Gasteiger partial charge in [-0.1, -0.05) is 12.1 Å². The van der Waals surface area contributed by atoms with Gasteiger partial charge in [0.05, 0.1) is 13.0 Å². The number of carbonyl (C=O) groups is 1. The second kappa shape index (κ2) is 6.10. The van der Waals surface area contributed by atoms with Crippen LogP contribution in [0.1, 0.15) is 12.0 Å². The molecule has 0 spiro atoms. The molecule has 3 nitrogen and oxygen atoms in total. The predicted molar refractivity (Wildman–Crippen MR) is 66.6 cm³/mol. The Morgan fingerprint density at radius 3 is 3.00 bits per heavy atom. The van der Waals surface area contributed by atoms with E-state index in [1.807, 2.05) is 0 Å². The molecule has 1 heterocycles. The van der Waals surface area contributed by atoms with Crippen LogP contribution in [0, 0.1) is 17.6 Å². The molecule has 2 rings (SSSR count). The summed E-state index contributed by atoms with van der Waals surface area (Å²) in [5.41, 5.74) is 0.111. The van der Waals surface area contributed by atoms with E-state index in [4.69, 9.17) is 4.74 Å². The third-order valence-corrected chi connectivity index (χ3v) is 3.41. The molecule has 0 bridgehead atoms. The highest BCUT2D eigenvalue weighted by molar-refractivity contribution is 5.79. The Bertz CT molecular complexity index is 465. The van der Waals surface area contributed by atoms with E-state index in [9.17, 15) is 13.6 Å². The van der Waals surface area contributed by atoms with Crippen molar-refractivity contribution < 1.29 is 18.3 Å². The molecule has 1 saturated heterocycles. The molecule has 1 aromatic rings. The van der Waals surface area contributed by atoms with Gasteiger partial charge in [0.25, 0.3) is 0 Å². The molecule has 5 heteroatoms. The summed E-state index contributed by atoms with van der Waals surface area (Å²) in [6, 6.07) is 3.91. The third-order valence-electron chi connectivity index (χ3n) is 3.41. The molecular formula is C14H17F2NO2. The standard InChI is InChI=1S/C14H17F2NO2/c1-19-9-10-5-6-17(8-10)13(18)7-11-3-2-4-12(15)14(11)16/h2-4,10H,5-9H2,1H3/t10-/m0/s1. The number of ether oxygens (including phenoxy) is 1. The van der Waals surface area contributed by atoms with Crippen LogP contribution >= 0.6 is 0 Å². The van der Waals surface area contributed by atoms with Crippen molar-refractivity contribution in [3.63, 3.8) is 0 Å². The van der Waals surface area contributed by atoms with Gasteiger partial charge >= 0.3 is 0 Å². The highest BCUT2D eigenvalue weighted by Crippen LogP contribution is 2.19. The second-order valence-corrected chi connectivity index (χ2v) is 4.84. The summed E-state index contributed by atoms with van der Waals surface area (Å²) in [5, 5.41) is 0. The molecule has 0 N–H and O–H groups in total. The zero-order valence-electron chi connectivity index (χ0n) is 10.9. The fourth-order valence-electron chi connectivity index (χ4n) is 2.39. The number of amides is 1. The highest BCUT2D eigenvalue weighted by Gasteiger charge is 2.26. The van der Waals surface area contributed by atoms with Crippen LogP contribution in [0.4, 0.5) is 8.78 Å². The lowest BCUT2D eigenvalue weighted by atomic mass is 10.1. The molecule has 1 aliphatic heterocycles. The molecule has 1 amide bonds. The minimum Gasteiger partial charge on any atom is -0.384 e. The molecule has 1 aliphatic rings. The number of benzene rings is 1. The smallest absolute Gasteiger partial charge is 0.227 e. The summed E-state index contributed by atoms with van der Waals surface area (Å²) < 4.78 is 31.6. The Balaban J connectivity index is 1.96. The van der Waals surface area contributed by atoms with Gasteiger partial charge in [-0.15, -0.1) is 0 Å². The Hall–Kier alpha value is -1.49. The van der Waals surface area contributed by atoms with Crippen LogP contribution in [0.3, 0.4) is 0 Å². The van der Waals surface area contributed by atoms with Gasteiger partial charge < -0.3 is 9.64 Å². The quantitative estimate of drug-likeness (QED) is 0.836. The zero-order valence-corrected chi connectivity index (χ0v) is 10.9. The SMILES string of the molecule is COC[C@H]1CCN(C(=O)Cc2cccc(F)c2F)C1. The molecular weight excluding hydrogens is 252 g/mol. The van der Waals surface area contributed by atoms with Gasteiger partial charge in [0.15, 0.2) is 11.6 Å². The lowest BCUT2D eigenvalue weighted by Crippen LogP contribution is -2.30. The van der Waals surface area contributed by atoms with Crippen LogP contribution in [0.25, 0.3) is 0 Å². The van der Waals surface area contributed by atoms with E-state index < -0.39 is 11.6 Å². The van der Waals surface area contributed by atoms with E-state index in [2.05, 4.69) is 0 Å². The Kier molecular flexibility index (Phi) is 4.47. The first-order valence-corrected chi connectivity index (χ1v) is 6.31. The van der Waals surface area contributed by atoms with Gasteiger partial charge in [-0.25, -0.2) is 8.78 Å². The first-order chi connectivity index (χ1) is 9.11. The monoisotopic (exact) mass is 269 g/mol. The van der Waals surface area contributed by atoms with Crippen molar-refractivity contribution in [1.82, 2.24) is 4.90 Å². The summed E-state index contributed by atoms with van der Waals surface area (Å²) in [6.07, 6.45) is 0.800. The maximum absolute atomic E-state index is 13.5. The van der Waals surface area contributed by atoms with Crippen molar-refractivity contribution in [2.45, 2.75) is 12.8 Å². The lowest BCUT2D eigenvalue weighted by molar-refractivity contribution is -0.129. The van der Waals surface area contributed by atoms with E-state index in [0.29, 0.717) is 25.6 Å². The maximum Gasteiger partial charge on any atom is 0.227 e. The molecule has 0 unspecified atom stereocenters. The van der Waals surface area contributed by atoms with Crippen molar-refractivity contribution in [2.75, 3.05) is 26.8 Å². The van der Waals surface area contributed by atoms with Gasteiger partial charge in [-0.05, 0) is 12.5 Å².